The van der Waals surface area contributed by atoms with Gasteiger partial charge in [-0.05, 0) is 78.3 Å². The van der Waals surface area contributed by atoms with Crippen LogP contribution in [-0.2, 0) is 24.3 Å². The van der Waals surface area contributed by atoms with Gasteiger partial charge in [0.05, 0.1) is 41.0 Å². The number of fused-ring (bicyclic) bond motifs is 3. The minimum atomic E-state index is -1.06. The first-order chi connectivity index (χ1) is 23.0. The number of rotatable bonds is 10. The first-order valence-corrected chi connectivity index (χ1v) is 15.7. The van der Waals surface area contributed by atoms with Crippen LogP contribution in [0, 0.1) is 22.9 Å². The fraction of sp³-hybridized carbons (Fsp3) is 0.297. The van der Waals surface area contributed by atoms with Crippen molar-refractivity contribution in [2.75, 3.05) is 13.7 Å². The molecule has 1 N–H and O–H groups in total. The Hall–Kier alpha value is -5.03. The quantitative estimate of drug-likeness (QED) is 0.158. The second-order valence-electron chi connectivity index (χ2n) is 13.1. The summed E-state index contributed by atoms with van der Waals surface area (Å²) in [6, 6.07) is 16.3. The van der Waals surface area contributed by atoms with Crippen LogP contribution in [0.3, 0.4) is 0 Å². The maximum Gasteiger partial charge on any atom is 0.335 e. The van der Waals surface area contributed by atoms with Gasteiger partial charge in [-0.25, -0.2) is 27.9 Å². The van der Waals surface area contributed by atoms with Gasteiger partial charge < -0.3 is 19.1 Å². The molecule has 2 bridgehead atoms. The van der Waals surface area contributed by atoms with Gasteiger partial charge in [0.25, 0.3) is 0 Å². The van der Waals surface area contributed by atoms with Crippen LogP contribution in [0.1, 0.15) is 59.1 Å². The highest BCUT2D eigenvalue weighted by Gasteiger charge is 2.53. The maximum atomic E-state index is 15.7. The van der Waals surface area contributed by atoms with Crippen molar-refractivity contribution in [1.82, 2.24) is 14.5 Å². The summed E-state index contributed by atoms with van der Waals surface area (Å²) in [6.45, 7) is 3.17. The van der Waals surface area contributed by atoms with Gasteiger partial charge in [0.15, 0.2) is 0 Å². The predicted octanol–water partition coefficient (Wildman–Crippen LogP) is 7.39. The van der Waals surface area contributed by atoms with Gasteiger partial charge >= 0.3 is 5.97 Å². The molecule has 2 atom stereocenters. The standard InChI is InChI=1S/C37H33F3N4O4/c1-36-10-11-37(19-36,48-21-36)20-44-32-14-23(35(45)46)8-9-31(32)42-33(44)15-25-13-29(40)26(16-28(25)39)30-4-3-5-34(43-30)47-18-24-7-6-22(17-41-2)12-27(24)38/h3-9,12-14,16-17H,10-11,15,18-21H2,1-2H3,(H,45,46). The molecule has 11 heteroatoms. The first-order valence-electron chi connectivity index (χ1n) is 15.7. The lowest BCUT2D eigenvalue weighted by atomic mass is 9.90. The molecule has 7 rings (SSSR count). The highest BCUT2D eigenvalue weighted by Crippen LogP contribution is 2.53. The number of benzene rings is 3. The van der Waals surface area contributed by atoms with E-state index in [1.54, 1.807) is 55.7 Å². The number of nitrogens with zero attached hydrogens (tertiary/aromatic N) is 4. The molecule has 1 aliphatic carbocycles. The summed E-state index contributed by atoms with van der Waals surface area (Å²) in [5.74, 6) is -2.25. The van der Waals surface area contributed by atoms with Gasteiger partial charge in [-0.15, -0.1) is 0 Å². The second-order valence-corrected chi connectivity index (χ2v) is 13.1. The number of ether oxygens (including phenoxy) is 2. The van der Waals surface area contributed by atoms with Crippen LogP contribution in [-0.4, -0.2) is 51.1 Å². The lowest BCUT2D eigenvalue weighted by Crippen LogP contribution is -2.33. The van der Waals surface area contributed by atoms with Crippen LogP contribution in [0.5, 0.6) is 5.88 Å². The van der Waals surface area contributed by atoms with Crippen molar-refractivity contribution in [1.29, 1.82) is 0 Å². The molecule has 0 amide bonds. The number of hydrogen-bond acceptors (Lipinski definition) is 6. The predicted molar refractivity (Wildman–Crippen MR) is 174 cm³/mol. The number of aromatic carboxylic acids is 1. The molecular weight excluding hydrogens is 621 g/mol. The van der Waals surface area contributed by atoms with Crippen molar-refractivity contribution in [2.24, 2.45) is 10.4 Å². The van der Waals surface area contributed by atoms with Crippen molar-refractivity contribution in [3.63, 3.8) is 0 Å². The van der Waals surface area contributed by atoms with Gasteiger partial charge in [0.1, 0.15) is 29.9 Å². The van der Waals surface area contributed by atoms with Crippen molar-refractivity contribution in [2.45, 2.75) is 51.4 Å². The smallest absolute Gasteiger partial charge is 0.335 e. The number of halogens is 3. The summed E-state index contributed by atoms with van der Waals surface area (Å²) in [7, 11) is 1.60. The zero-order valence-corrected chi connectivity index (χ0v) is 26.5. The van der Waals surface area contributed by atoms with Gasteiger partial charge in [-0.1, -0.05) is 25.1 Å². The van der Waals surface area contributed by atoms with E-state index in [0.717, 1.165) is 31.4 Å². The van der Waals surface area contributed by atoms with Crippen LogP contribution in [0.4, 0.5) is 13.2 Å². The molecule has 1 aliphatic heterocycles. The third-order valence-corrected chi connectivity index (χ3v) is 9.40. The van der Waals surface area contributed by atoms with Gasteiger partial charge in [-0.2, -0.15) is 0 Å². The molecule has 0 radical (unpaired) electrons. The first kappa shape index (κ1) is 31.6. The van der Waals surface area contributed by atoms with E-state index in [-0.39, 0.29) is 46.7 Å². The normalized spacial score (nSPS) is 20.3. The molecule has 246 valence electrons. The van der Waals surface area contributed by atoms with Gasteiger partial charge in [0, 0.05) is 36.9 Å². The molecular formula is C37H33F3N4O4. The van der Waals surface area contributed by atoms with Crippen molar-refractivity contribution in [3.8, 4) is 17.1 Å². The molecule has 8 nitrogen and oxygen atoms in total. The zero-order valence-electron chi connectivity index (χ0n) is 26.5. The SMILES string of the molecule is CN=Cc1ccc(COc2cccc(-c3cc(F)c(Cc4nc5ccc(C(=O)O)cc5n4CC45CCC(C)(CO4)C5)cc3F)n2)c(F)c1. The highest BCUT2D eigenvalue weighted by atomic mass is 19.1. The van der Waals surface area contributed by atoms with Crippen molar-refractivity contribution in [3.05, 3.63) is 112 Å². The van der Waals surface area contributed by atoms with Crippen LogP contribution >= 0.6 is 0 Å². The number of carboxylic acids is 1. The van der Waals surface area contributed by atoms with Crippen LogP contribution < -0.4 is 4.74 Å². The molecule has 3 aromatic carbocycles. The Bertz CT molecular complexity index is 2090. The Balaban J connectivity index is 1.16. The van der Waals surface area contributed by atoms with E-state index in [4.69, 9.17) is 14.5 Å². The van der Waals surface area contributed by atoms with Crippen LogP contribution in [0.25, 0.3) is 22.3 Å². The Morgan fingerprint density at radius 2 is 1.85 bits per heavy atom. The molecule has 3 heterocycles. The topological polar surface area (TPSA) is 98.8 Å². The summed E-state index contributed by atoms with van der Waals surface area (Å²) in [5.41, 5.74) is 2.06. The third-order valence-electron chi connectivity index (χ3n) is 9.40. The second kappa shape index (κ2) is 12.2. The lowest BCUT2D eigenvalue weighted by Gasteiger charge is -2.29. The molecule has 48 heavy (non-hydrogen) atoms. The van der Waals surface area contributed by atoms with E-state index in [1.807, 2.05) is 4.57 Å². The van der Waals surface area contributed by atoms with Gasteiger partial charge in [-0.3, -0.25) is 4.99 Å². The van der Waals surface area contributed by atoms with Gasteiger partial charge in [0.2, 0.25) is 5.88 Å². The third kappa shape index (κ3) is 6.06. The summed E-state index contributed by atoms with van der Waals surface area (Å²) in [5, 5.41) is 9.64. The number of aromatic nitrogens is 3. The van der Waals surface area contributed by atoms with Crippen molar-refractivity contribution >= 4 is 23.2 Å². The zero-order chi connectivity index (χ0) is 33.6. The van der Waals surface area contributed by atoms with E-state index >= 15 is 8.78 Å². The number of carbonyl (C=O) groups is 1. The maximum absolute atomic E-state index is 15.7. The van der Waals surface area contributed by atoms with Crippen LogP contribution in [0.15, 0.2) is 71.7 Å². The summed E-state index contributed by atoms with van der Waals surface area (Å²) in [4.78, 5) is 24.8. The number of pyridine rings is 1. The number of imidazole rings is 1. The minimum Gasteiger partial charge on any atom is -0.478 e. The molecule has 0 spiro atoms. The molecule has 5 aromatic rings. The summed E-state index contributed by atoms with van der Waals surface area (Å²) in [6.07, 6.45) is 4.25. The number of carboxylic acid groups (broad SMARTS) is 1. The monoisotopic (exact) mass is 654 g/mol. The minimum absolute atomic E-state index is 0.0293. The average molecular weight is 655 g/mol. The van der Waals surface area contributed by atoms with E-state index in [2.05, 4.69) is 16.9 Å². The molecule has 2 unspecified atom stereocenters. The number of hydrogen-bond donors (Lipinski definition) is 1. The molecule has 2 aliphatic rings. The Morgan fingerprint density at radius 1 is 1.02 bits per heavy atom. The van der Waals surface area contributed by atoms with E-state index in [9.17, 15) is 14.3 Å². The Morgan fingerprint density at radius 3 is 2.56 bits per heavy atom. The Kier molecular flexibility index (Phi) is 8.03. The summed E-state index contributed by atoms with van der Waals surface area (Å²) < 4.78 is 59.8. The average Bonchev–Trinajstić information content (AvgIpc) is 3.70. The van der Waals surface area contributed by atoms with E-state index in [1.165, 1.54) is 12.1 Å². The molecule has 1 saturated heterocycles. The largest absolute Gasteiger partial charge is 0.478 e. The van der Waals surface area contributed by atoms with E-state index in [0.29, 0.717) is 41.1 Å². The summed E-state index contributed by atoms with van der Waals surface area (Å²) >= 11 is 0. The van der Waals surface area contributed by atoms with E-state index < -0.39 is 29.0 Å². The van der Waals surface area contributed by atoms with Crippen LogP contribution in [0.2, 0.25) is 0 Å². The lowest BCUT2D eigenvalue weighted by molar-refractivity contribution is -0.0367. The fourth-order valence-electron chi connectivity index (χ4n) is 6.94. The highest BCUT2D eigenvalue weighted by molar-refractivity contribution is 5.92. The molecule has 1 saturated carbocycles. The Labute approximate surface area is 274 Å². The number of aliphatic imine (C=N–C) groups is 1. The fourth-order valence-corrected chi connectivity index (χ4v) is 6.94. The van der Waals surface area contributed by atoms with Crippen molar-refractivity contribution < 1.29 is 32.5 Å². The molecule has 2 aromatic heterocycles. The molecule has 2 fully saturated rings.